The van der Waals surface area contributed by atoms with Crippen molar-refractivity contribution in [1.82, 2.24) is 0 Å². The van der Waals surface area contributed by atoms with E-state index >= 15 is 0 Å². The number of hydrogen-bond acceptors (Lipinski definition) is 2. The SMILES string of the molecule is Cc1c(Cl)cccc1NC(=S)/C(=C(\[O-])c1ccc(F)cc1)[n+]1ccc(C(C)(C)C)cc1. The minimum atomic E-state index is -0.407. The van der Waals surface area contributed by atoms with Gasteiger partial charge in [-0.2, -0.15) is 4.57 Å². The molecule has 31 heavy (non-hydrogen) atoms. The Labute approximate surface area is 192 Å². The molecule has 2 aromatic carbocycles. The first-order valence-corrected chi connectivity index (χ1v) is 10.6. The van der Waals surface area contributed by atoms with Gasteiger partial charge >= 0.3 is 0 Å². The molecule has 1 N–H and O–H groups in total. The molecule has 0 amide bonds. The molecule has 3 rings (SSSR count). The molecule has 160 valence electrons. The van der Waals surface area contributed by atoms with Gasteiger partial charge in [0.2, 0.25) is 5.70 Å². The highest BCUT2D eigenvalue weighted by molar-refractivity contribution is 7.81. The standard InChI is InChI=1S/C25H24ClFN2OS/c1-16-20(26)6-5-7-21(16)28-24(31)22(23(30)17-8-10-19(27)11-9-17)29-14-12-18(13-15-29)25(2,3)4/h5-15H,1-4H3,(H-,28,30,31). The Morgan fingerprint density at radius 1 is 1.03 bits per heavy atom. The van der Waals surface area contributed by atoms with Crippen LogP contribution < -0.4 is 15.0 Å². The lowest BCUT2D eigenvalue weighted by Crippen LogP contribution is -2.40. The Hall–Kier alpha value is -2.76. The average molecular weight is 455 g/mol. The first-order valence-electron chi connectivity index (χ1n) is 9.84. The van der Waals surface area contributed by atoms with E-state index in [-0.39, 0.29) is 21.9 Å². The predicted molar refractivity (Wildman–Crippen MR) is 127 cm³/mol. The fourth-order valence-electron chi connectivity index (χ4n) is 3.08. The second kappa shape index (κ2) is 9.16. The number of nitrogens with one attached hydrogen (secondary N) is 1. The maximum Gasteiger partial charge on any atom is 0.238 e. The maximum atomic E-state index is 13.4. The second-order valence-electron chi connectivity index (χ2n) is 8.30. The summed E-state index contributed by atoms with van der Waals surface area (Å²) < 4.78 is 15.1. The minimum Gasteiger partial charge on any atom is -0.867 e. The first-order chi connectivity index (χ1) is 14.6. The molecule has 0 saturated heterocycles. The van der Waals surface area contributed by atoms with E-state index < -0.39 is 5.82 Å². The van der Waals surface area contributed by atoms with Gasteiger partial charge in [0.05, 0.1) is 0 Å². The Morgan fingerprint density at radius 3 is 2.23 bits per heavy atom. The normalized spacial score (nSPS) is 12.3. The van der Waals surface area contributed by atoms with E-state index in [4.69, 9.17) is 23.8 Å². The molecule has 0 aliphatic rings. The first kappa shape index (κ1) is 22.9. The van der Waals surface area contributed by atoms with Gasteiger partial charge in [0.25, 0.3) is 0 Å². The smallest absolute Gasteiger partial charge is 0.238 e. The average Bonchev–Trinajstić information content (AvgIpc) is 2.72. The second-order valence-corrected chi connectivity index (χ2v) is 9.11. The Balaban J connectivity index is 2.10. The van der Waals surface area contributed by atoms with Crippen molar-refractivity contribution in [2.75, 3.05) is 5.32 Å². The topological polar surface area (TPSA) is 39.0 Å². The van der Waals surface area contributed by atoms with E-state index in [9.17, 15) is 9.50 Å². The van der Waals surface area contributed by atoms with Gasteiger partial charge in [-0.3, -0.25) is 0 Å². The lowest BCUT2D eigenvalue weighted by Gasteiger charge is -2.20. The van der Waals surface area contributed by atoms with Crippen LogP contribution in [0.3, 0.4) is 0 Å². The van der Waals surface area contributed by atoms with Crippen LogP contribution in [0.15, 0.2) is 67.0 Å². The van der Waals surface area contributed by atoms with Crippen LogP contribution >= 0.6 is 23.8 Å². The summed E-state index contributed by atoms with van der Waals surface area (Å²) in [5, 5.41) is 17.1. The number of aromatic nitrogens is 1. The molecule has 0 spiro atoms. The number of nitrogens with zero attached hydrogens (tertiary/aromatic N) is 1. The summed E-state index contributed by atoms with van der Waals surface area (Å²) in [4.78, 5) is 0.244. The molecule has 0 radical (unpaired) electrons. The van der Waals surface area contributed by atoms with Gasteiger partial charge < -0.3 is 10.4 Å². The van der Waals surface area contributed by atoms with Gasteiger partial charge in [0.15, 0.2) is 17.4 Å². The van der Waals surface area contributed by atoms with Crippen LogP contribution in [0.2, 0.25) is 5.02 Å². The van der Waals surface area contributed by atoms with E-state index in [1.54, 1.807) is 10.6 Å². The zero-order valence-corrected chi connectivity index (χ0v) is 19.4. The van der Waals surface area contributed by atoms with Crippen molar-refractivity contribution in [2.45, 2.75) is 33.1 Å². The molecule has 0 fully saturated rings. The van der Waals surface area contributed by atoms with Crippen molar-refractivity contribution < 1.29 is 14.1 Å². The fourth-order valence-corrected chi connectivity index (χ4v) is 3.56. The van der Waals surface area contributed by atoms with E-state index in [2.05, 4.69) is 26.1 Å². The monoisotopic (exact) mass is 454 g/mol. The van der Waals surface area contributed by atoms with Crippen LogP contribution in [-0.4, -0.2) is 4.99 Å². The molecule has 1 aromatic heterocycles. The van der Waals surface area contributed by atoms with E-state index in [0.717, 1.165) is 11.1 Å². The molecule has 6 heteroatoms. The molecule has 0 saturated carbocycles. The molecule has 3 nitrogen and oxygen atoms in total. The van der Waals surface area contributed by atoms with Crippen molar-refractivity contribution in [3.05, 3.63) is 94.5 Å². The van der Waals surface area contributed by atoms with Gasteiger partial charge in [-0.1, -0.05) is 62.8 Å². The number of rotatable bonds is 4. The molecular weight excluding hydrogens is 431 g/mol. The summed E-state index contributed by atoms with van der Waals surface area (Å²) in [6.45, 7) is 8.24. The third-order valence-electron chi connectivity index (χ3n) is 5.01. The van der Waals surface area contributed by atoms with Crippen molar-refractivity contribution in [3.63, 3.8) is 0 Å². The molecule has 0 aliphatic carbocycles. The number of pyridine rings is 1. The van der Waals surface area contributed by atoms with Crippen LogP contribution in [0.5, 0.6) is 0 Å². The van der Waals surface area contributed by atoms with E-state index in [0.29, 0.717) is 16.3 Å². The summed E-state index contributed by atoms with van der Waals surface area (Å²) in [5.41, 5.74) is 3.25. The Morgan fingerprint density at radius 2 is 1.65 bits per heavy atom. The van der Waals surface area contributed by atoms with Crippen molar-refractivity contribution >= 4 is 46.0 Å². The van der Waals surface area contributed by atoms with Crippen molar-refractivity contribution in [2.24, 2.45) is 0 Å². The lowest BCUT2D eigenvalue weighted by atomic mass is 9.88. The van der Waals surface area contributed by atoms with Crippen LogP contribution in [-0.2, 0) is 5.41 Å². The maximum absolute atomic E-state index is 13.4. The molecule has 0 bridgehead atoms. The van der Waals surface area contributed by atoms with Gasteiger partial charge in [-0.15, -0.1) is 0 Å². The van der Waals surface area contributed by atoms with E-state index in [1.165, 1.54) is 24.3 Å². The summed E-state index contributed by atoms with van der Waals surface area (Å²) in [6.07, 6.45) is 3.63. The minimum absolute atomic E-state index is 0.0309. The van der Waals surface area contributed by atoms with Gasteiger partial charge in [-0.05, 0) is 59.1 Å². The number of hydrogen-bond donors (Lipinski definition) is 1. The Kier molecular flexibility index (Phi) is 6.77. The fraction of sp³-hybridized carbons (Fsp3) is 0.200. The van der Waals surface area contributed by atoms with Crippen LogP contribution in [0, 0.1) is 12.7 Å². The van der Waals surface area contributed by atoms with E-state index in [1.807, 2.05) is 43.6 Å². The third kappa shape index (κ3) is 5.30. The number of halogens is 2. The van der Waals surface area contributed by atoms with Crippen LogP contribution in [0.25, 0.3) is 11.5 Å². The number of anilines is 1. The summed E-state index contributed by atoms with van der Waals surface area (Å²) in [6, 6.07) is 14.8. The number of benzene rings is 2. The van der Waals surface area contributed by atoms with Crippen molar-refractivity contribution in [1.29, 1.82) is 0 Å². The zero-order valence-electron chi connectivity index (χ0n) is 17.9. The summed E-state index contributed by atoms with van der Waals surface area (Å²) in [5.74, 6) is -0.721. The highest BCUT2D eigenvalue weighted by atomic mass is 35.5. The third-order valence-corrected chi connectivity index (χ3v) is 5.71. The number of thiocarbonyl (C=S) groups is 1. The molecule has 1 heterocycles. The van der Waals surface area contributed by atoms with Crippen molar-refractivity contribution in [3.8, 4) is 0 Å². The zero-order chi connectivity index (χ0) is 22.8. The van der Waals surface area contributed by atoms with Gasteiger partial charge in [-0.25, -0.2) is 4.39 Å². The largest absolute Gasteiger partial charge is 0.867 e. The van der Waals surface area contributed by atoms with Gasteiger partial charge in [0.1, 0.15) is 5.82 Å². The highest BCUT2D eigenvalue weighted by Gasteiger charge is 2.22. The molecule has 3 aromatic rings. The summed E-state index contributed by atoms with van der Waals surface area (Å²) in [7, 11) is 0. The lowest BCUT2D eigenvalue weighted by molar-refractivity contribution is -0.577. The molecule has 0 aliphatic heterocycles. The summed E-state index contributed by atoms with van der Waals surface area (Å²) >= 11 is 11.9. The van der Waals surface area contributed by atoms with Gasteiger partial charge in [0, 0.05) is 22.8 Å². The quantitative estimate of drug-likeness (QED) is 0.245. The molecular formula is C25H24ClFN2OS. The van der Waals surface area contributed by atoms with Crippen LogP contribution in [0.4, 0.5) is 10.1 Å². The predicted octanol–water partition coefficient (Wildman–Crippen LogP) is 5.50. The van der Waals surface area contributed by atoms with Crippen LogP contribution in [0.1, 0.15) is 37.5 Å². The molecule has 0 unspecified atom stereocenters. The highest BCUT2D eigenvalue weighted by Crippen LogP contribution is 2.25. The molecule has 0 atom stereocenters. The Bertz CT molecular complexity index is 1130.